The van der Waals surface area contributed by atoms with E-state index in [1.165, 1.54) is 23.6 Å². The van der Waals surface area contributed by atoms with Crippen molar-refractivity contribution in [1.82, 2.24) is 9.88 Å². The highest BCUT2D eigenvalue weighted by Gasteiger charge is 2.24. The van der Waals surface area contributed by atoms with Gasteiger partial charge in [0, 0.05) is 17.6 Å². The predicted molar refractivity (Wildman–Crippen MR) is 83.9 cm³/mol. The Morgan fingerprint density at radius 1 is 1.19 bits per heavy atom. The molecule has 0 unspecified atom stereocenters. The number of carbonyl (C=O) groups is 1. The molecule has 0 saturated heterocycles. The third-order valence-corrected chi connectivity index (χ3v) is 4.19. The van der Waals surface area contributed by atoms with Gasteiger partial charge in [-0.3, -0.25) is 4.79 Å². The van der Waals surface area contributed by atoms with E-state index in [2.05, 4.69) is 4.98 Å². The Balaban J connectivity index is 2.32. The number of hydrogen-bond acceptors (Lipinski definition) is 3. The van der Waals surface area contributed by atoms with Crippen molar-refractivity contribution >= 4 is 17.2 Å². The number of nitrogens with zero attached hydrogens (tertiary/aromatic N) is 2. The summed E-state index contributed by atoms with van der Waals surface area (Å²) in [4.78, 5) is 19.1. The number of rotatable bonds is 4. The number of thiazole rings is 1. The summed E-state index contributed by atoms with van der Waals surface area (Å²) in [5.74, 6) is -0.379. The van der Waals surface area contributed by atoms with Gasteiger partial charge in [-0.1, -0.05) is 12.1 Å². The standard InChI is InChI=1S/C16H19FN2OS/c1-10(2)19(11(3)4)16(20)14-9-18-15(21-14)12-7-5-6-8-13(12)17/h5-11H,1-4H3. The minimum Gasteiger partial charge on any atom is -0.333 e. The molecule has 2 aromatic rings. The molecule has 1 aromatic carbocycles. The van der Waals surface area contributed by atoms with E-state index in [1.807, 2.05) is 27.7 Å². The molecule has 0 fully saturated rings. The highest BCUT2D eigenvalue weighted by atomic mass is 32.1. The highest BCUT2D eigenvalue weighted by Crippen LogP contribution is 2.28. The summed E-state index contributed by atoms with van der Waals surface area (Å²) in [6.07, 6.45) is 1.53. The maximum Gasteiger partial charge on any atom is 0.266 e. The maximum absolute atomic E-state index is 13.8. The Bertz CT molecular complexity index is 629. The summed E-state index contributed by atoms with van der Waals surface area (Å²) in [7, 11) is 0. The van der Waals surface area contributed by atoms with Crippen LogP contribution < -0.4 is 0 Å². The lowest BCUT2D eigenvalue weighted by Crippen LogP contribution is -2.41. The van der Waals surface area contributed by atoms with Gasteiger partial charge in [-0.2, -0.15) is 0 Å². The number of carbonyl (C=O) groups excluding carboxylic acids is 1. The van der Waals surface area contributed by atoms with Crippen molar-refractivity contribution < 1.29 is 9.18 Å². The van der Waals surface area contributed by atoms with Gasteiger partial charge in [0.1, 0.15) is 15.7 Å². The fourth-order valence-corrected chi connectivity index (χ4v) is 3.21. The molecular formula is C16H19FN2OS. The summed E-state index contributed by atoms with van der Waals surface area (Å²) in [5, 5.41) is 0.531. The molecule has 0 bridgehead atoms. The molecular weight excluding hydrogens is 287 g/mol. The molecule has 3 nitrogen and oxygen atoms in total. The number of aromatic nitrogens is 1. The lowest BCUT2D eigenvalue weighted by molar-refractivity contribution is 0.0648. The summed E-state index contributed by atoms with van der Waals surface area (Å²) in [5.41, 5.74) is 0.433. The van der Waals surface area contributed by atoms with E-state index in [9.17, 15) is 9.18 Å². The molecule has 1 heterocycles. The largest absolute Gasteiger partial charge is 0.333 e. The zero-order chi connectivity index (χ0) is 15.6. The minimum absolute atomic E-state index is 0.0555. The molecule has 0 aliphatic rings. The van der Waals surface area contributed by atoms with Gasteiger partial charge < -0.3 is 4.90 Å². The van der Waals surface area contributed by atoms with Crippen LogP contribution in [-0.2, 0) is 0 Å². The Labute approximate surface area is 128 Å². The van der Waals surface area contributed by atoms with Crippen molar-refractivity contribution in [2.45, 2.75) is 39.8 Å². The lowest BCUT2D eigenvalue weighted by atomic mass is 10.2. The highest BCUT2D eigenvalue weighted by molar-refractivity contribution is 7.16. The van der Waals surface area contributed by atoms with Crippen LogP contribution in [0.25, 0.3) is 10.6 Å². The van der Waals surface area contributed by atoms with Crippen LogP contribution in [0.15, 0.2) is 30.5 Å². The van der Waals surface area contributed by atoms with Crippen molar-refractivity contribution in [2.75, 3.05) is 0 Å². The first-order chi connectivity index (χ1) is 9.91. The summed E-state index contributed by atoms with van der Waals surface area (Å²) >= 11 is 1.23. The van der Waals surface area contributed by atoms with Crippen LogP contribution in [0.4, 0.5) is 4.39 Å². The van der Waals surface area contributed by atoms with Gasteiger partial charge in [-0.05, 0) is 39.8 Å². The molecule has 1 amide bonds. The van der Waals surface area contributed by atoms with Crippen molar-refractivity contribution in [3.05, 3.63) is 41.2 Å². The average Bonchev–Trinajstić information content (AvgIpc) is 2.87. The minimum atomic E-state index is -0.324. The van der Waals surface area contributed by atoms with Gasteiger partial charge in [-0.15, -0.1) is 11.3 Å². The first-order valence-corrected chi connectivity index (χ1v) is 7.77. The normalized spacial score (nSPS) is 11.2. The molecule has 0 saturated carbocycles. The van der Waals surface area contributed by atoms with E-state index in [0.717, 1.165) is 0 Å². The molecule has 0 aliphatic carbocycles. The van der Waals surface area contributed by atoms with Crippen molar-refractivity contribution in [3.8, 4) is 10.6 Å². The lowest BCUT2D eigenvalue weighted by Gasteiger charge is -2.30. The molecule has 0 atom stereocenters. The van der Waals surface area contributed by atoms with Crippen LogP contribution in [0.2, 0.25) is 0 Å². The molecule has 1 aromatic heterocycles. The molecule has 21 heavy (non-hydrogen) atoms. The van der Waals surface area contributed by atoms with E-state index < -0.39 is 0 Å². The van der Waals surface area contributed by atoms with Crippen molar-refractivity contribution in [3.63, 3.8) is 0 Å². The number of halogens is 1. The van der Waals surface area contributed by atoms with Crippen LogP contribution >= 0.6 is 11.3 Å². The van der Waals surface area contributed by atoms with Gasteiger partial charge in [0.2, 0.25) is 0 Å². The molecule has 0 spiro atoms. The van der Waals surface area contributed by atoms with E-state index in [0.29, 0.717) is 15.4 Å². The summed E-state index contributed by atoms with van der Waals surface area (Å²) in [6, 6.07) is 6.68. The van der Waals surface area contributed by atoms with Gasteiger partial charge in [-0.25, -0.2) is 9.37 Å². The fourth-order valence-electron chi connectivity index (χ4n) is 2.32. The van der Waals surface area contributed by atoms with Crippen LogP contribution in [-0.4, -0.2) is 27.9 Å². The van der Waals surface area contributed by atoms with E-state index >= 15 is 0 Å². The smallest absolute Gasteiger partial charge is 0.266 e. The number of amides is 1. The second-order valence-electron chi connectivity index (χ2n) is 5.41. The van der Waals surface area contributed by atoms with Gasteiger partial charge >= 0.3 is 0 Å². The van der Waals surface area contributed by atoms with Gasteiger partial charge in [0.05, 0.1) is 6.20 Å². The monoisotopic (exact) mass is 306 g/mol. The Kier molecular flexibility index (Phi) is 4.73. The fraction of sp³-hybridized carbons (Fsp3) is 0.375. The Morgan fingerprint density at radius 3 is 2.38 bits per heavy atom. The third-order valence-electron chi connectivity index (χ3n) is 3.17. The van der Waals surface area contributed by atoms with Crippen LogP contribution in [0.5, 0.6) is 0 Å². The van der Waals surface area contributed by atoms with E-state index in [4.69, 9.17) is 0 Å². The predicted octanol–water partition coefficient (Wildman–Crippen LogP) is 4.21. The zero-order valence-electron chi connectivity index (χ0n) is 12.6. The maximum atomic E-state index is 13.8. The first kappa shape index (κ1) is 15.6. The Hall–Kier alpha value is -1.75. The second-order valence-corrected chi connectivity index (χ2v) is 6.44. The topological polar surface area (TPSA) is 33.2 Å². The third kappa shape index (κ3) is 3.29. The summed E-state index contributed by atoms with van der Waals surface area (Å²) in [6.45, 7) is 7.93. The van der Waals surface area contributed by atoms with Crippen molar-refractivity contribution in [1.29, 1.82) is 0 Å². The quantitative estimate of drug-likeness (QED) is 0.848. The van der Waals surface area contributed by atoms with E-state index in [-0.39, 0.29) is 23.8 Å². The number of benzene rings is 1. The van der Waals surface area contributed by atoms with Crippen LogP contribution in [0, 0.1) is 5.82 Å². The summed E-state index contributed by atoms with van der Waals surface area (Å²) < 4.78 is 13.8. The first-order valence-electron chi connectivity index (χ1n) is 6.95. The van der Waals surface area contributed by atoms with Crippen molar-refractivity contribution in [2.24, 2.45) is 0 Å². The van der Waals surface area contributed by atoms with Crippen LogP contribution in [0.1, 0.15) is 37.4 Å². The second kappa shape index (κ2) is 6.35. The SMILES string of the molecule is CC(C)N(C(=O)c1cnc(-c2ccccc2F)s1)C(C)C. The zero-order valence-corrected chi connectivity index (χ0v) is 13.4. The number of hydrogen-bond donors (Lipinski definition) is 0. The molecule has 2 rings (SSSR count). The molecule has 0 radical (unpaired) electrons. The Morgan fingerprint density at radius 2 is 1.81 bits per heavy atom. The average molecular weight is 306 g/mol. The van der Waals surface area contributed by atoms with Crippen LogP contribution in [0.3, 0.4) is 0 Å². The van der Waals surface area contributed by atoms with E-state index in [1.54, 1.807) is 23.1 Å². The van der Waals surface area contributed by atoms with Gasteiger partial charge in [0.15, 0.2) is 0 Å². The van der Waals surface area contributed by atoms with Gasteiger partial charge in [0.25, 0.3) is 5.91 Å². The molecule has 0 N–H and O–H groups in total. The molecule has 0 aliphatic heterocycles. The molecule has 5 heteroatoms. The molecule has 112 valence electrons.